The number of rotatable bonds is 2. The molecule has 0 radical (unpaired) electrons. The van der Waals surface area contributed by atoms with E-state index in [4.69, 9.17) is 0 Å². The minimum atomic E-state index is 0.910. The van der Waals surface area contributed by atoms with Gasteiger partial charge in [0.2, 0.25) is 0 Å². The van der Waals surface area contributed by atoms with E-state index >= 15 is 0 Å². The lowest BCUT2D eigenvalue weighted by molar-refractivity contribution is 0.0714. The molecule has 2 aliphatic rings. The van der Waals surface area contributed by atoms with Crippen LogP contribution in [0.25, 0.3) is 0 Å². The van der Waals surface area contributed by atoms with Crippen molar-refractivity contribution in [1.82, 2.24) is 9.80 Å². The van der Waals surface area contributed by atoms with E-state index < -0.39 is 0 Å². The molecule has 1 saturated carbocycles. The standard InChI is InChI=1S/C13H26N2/c1-3-14-7-9-15(10-8-14)13-6-4-5-12(2)11-13/h12-13H,3-11H2,1-2H3/t12-,13-/m0/s1. The summed E-state index contributed by atoms with van der Waals surface area (Å²) < 4.78 is 0. The molecule has 2 heteroatoms. The van der Waals surface area contributed by atoms with E-state index in [-0.39, 0.29) is 0 Å². The molecular weight excluding hydrogens is 184 g/mol. The fourth-order valence-corrected chi connectivity index (χ4v) is 3.18. The van der Waals surface area contributed by atoms with Crippen molar-refractivity contribution in [2.45, 2.75) is 45.6 Å². The molecular formula is C13H26N2. The third kappa shape index (κ3) is 2.94. The smallest absolute Gasteiger partial charge is 0.0113 e. The second-order valence-corrected chi connectivity index (χ2v) is 5.40. The van der Waals surface area contributed by atoms with E-state index in [1.807, 2.05) is 0 Å². The molecule has 2 rings (SSSR count). The Morgan fingerprint density at radius 2 is 1.80 bits per heavy atom. The average molecular weight is 210 g/mol. The highest BCUT2D eigenvalue weighted by molar-refractivity contribution is 4.82. The topological polar surface area (TPSA) is 6.48 Å². The quantitative estimate of drug-likeness (QED) is 0.689. The summed E-state index contributed by atoms with van der Waals surface area (Å²) in [4.78, 5) is 5.32. The first-order chi connectivity index (χ1) is 7.29. The summed E-state index contributed by atoms with van der Waals surface area (Å²) in [7, 11) is 0. The van der Waals surface area contributed by atoms with Crippen LogP contribution >= 0.6 is 0 Å². The molecule has 0 unspecified atom stereocenters. The van der Waals surface area contributed by atoms with Crippen molar-refractivity contribution in [3.63, 3.8) is 0 Å². The predicted octanol–water partition coefficient (Wildman–Crippen LogP) is 2.20. The van der Waals surface area contributed by atoms with Gasteiger partial charge in [0.25, 0.3) is 0 Å². The largest absolute Gasteiger partial charge is 0.301 e. The fraction of sp³-hybridized carbons (Fsp3) is 1.00. The molecule has 0 bridgehead atoms. The van der Waals surface area contributed by atoms with Crippen LogP contribution < -0.4 is 0 Å². The average Bonchev–Trinajstić information content (AvgIpc) is 2.29. The maximum absolute atomic E-state index is 2.75. The Morgan fingerprint density at radius 3 is 2.40 bits per heavy atom. The molecule has 1 saturated heterocycles. The molecule has 2 fully saturated rings. The Morgan fingerprint density at radius 1 is 1.07 bits per heavy atom. The Kier molecular flexibility index (Phi) is 4.04. The van der Waals surface area contributed by atoms with Crippen LogP contribution in [0.5, 0.6) is 0 Å². The molecule has 2 nitrogen and oxygen atoms in total. The second kappa shape index (κ2) is 5.31. The van der Waals surface area contributed by atoms with Crippen LogP contribution in [0.1, 0.15) is 39.5 Å². The highest BCUT2D eigenvalue weighted by Crippen LogP contribution is 2.27. The number of piperazine rings is 1. The van der Waals surface area contributed by atoms with Gasteiger partial charge >= 0.3 is 0 Å². The van der Waals surface area contributed by atoms with Crippen LogP contribution in [0.4, 0.5) is 0 Å². The SMILES string of the molecule is CCN1CCN([C@H]2CCC[C@H](C)C2)CC1. The van der Waals surface area contributed by atoms with Crippen molar-refractivity contribution in [2.75, 3.05) is 32.7 Å². The van der Waals surface area contributed by atoms with Gasteiger partial charge in [-0.2, -0.15) is 0 Å². The van der Waals surface area contributed by atoms with Gasteiger partial charge < -0.3 is 4.90 Å². The predicted molar refractivity (Wildman–Crippen MR) is 65.1 cm³/mol. The summed E-state index contributed by atoms with van der Waals surface area (Å²) >= 11 is 0. The highest BCUT2D eigenvalue weighted by Gasteiger charge is 2.26. The fourth-order valence-electron chi connectivity index (χ4n) is 3.18. The molecule has 15 heavy (non-hydrogen) atoms. The van der Waals surface area contributed by atoms with Crippen molar-refractivity contribution >= 4 is 0 Å². The zero-order chi connectivity index (χ0) is 10.7. The van der Waals surface area contributed by atoms with Crippen LogP contribution in [-0.2, 0) is 0 Å². The molecule has 1 aliphatic heterocycles. The number of hydrogen-bond acceptors (Lipinski definition) is 2. The van der Waals surface area contributed by atoms with Crippen molar-refractivity contribution in [2.24, 2.45) is 5.92 Å². The van der Waals surface area contributed by atoms with Gasteiger partial charge in [-0.3, -0.25) is 4.90 Å². The zero-order valence-electron chi connectivity index (χ0n) is 10.4. The first-order valence-electron chi connectivity index (χ1n) is 6.76. The lowest BCUT2D eigenvalue weighted by atomic mass is 9.86. The third-order valence-electron chi connectivity index (χ3n) is 4.28. The Balaban J connectivity index is 1.79. The van der Waals surface area contributed by atoms with Crippen molar-refractivity contribution in [3.05, 3.63) is 0 Å². The third-order valence-corrected chi connectivity index (χ3v) is 4.28. The van der Waals surface area contributed by atoms with E-state index in [2.05, 4.69) is 23.6 Å². The van der Waals surface area contributed by atoms with Gasteiger partial charge in [0, 0.05) is 32.2 Å². The number of nitrogens with zero attached hydrogens (tertiary/aromatic N) is 2. The summed E-state index contributed by atoms with van der Waals surface area (Å²) in [5.41, 5.74) is 0. The Hall–Kier alpha value is -0.0800. The van der Waals surface area contributed by atoms with E-state index in [1.165, 1.54) is 58.4 Å². The molecule has 1 aliphatic carbocycles. The number of hydrogen-bond donors (Lipinski definition) is 0. The van der Waals surface area contributed by atoms with Crippen LogP contribution in [-0.4, -0.2) is 48.6 Å². The monoisotopic (exact) mass is 210 g/mol. The highest BCUT2D eigenvalue weighted by atomic mass is 15.3. The van der Waals surface area contributed by atoms with Crippen LogP contribution in [0.3, 0.4) is 0 Å². The second-order valence-electron chi connectivity index (χ2n) is 5.40. The van der Waals surface area contributed by atoms with E-state index in [0.29, 0.717) is 0 Å². The molecule has 0 aromatic rings. The summed E-state index contributed by atoms with van der Waals surface area (Å²) in [6.45, 7) is 11.1. The molecule has 0 N–H and O–H groups in total. The minimum absolute atomic E-state index is 0.910. The van der Waals surface area contributed by atoms with Crippen LogP contribution in [0.2, 0.25) is 0 Å². The maximum atomic E-state index is 2.75. The summed E-state index contributed by atoms with van der Waals surface area (Å²) in [5, 5.41) is 0. The van der Waals surface area contributed by atoms with Gasteiger partial charge in [0.1, 0.15) is 0 Å². The maximum Gasteiger partial charge on any atom is 0.0113 e. The lowest BCUT2D eigenvalue weighted by Crippen LogP contribution is -2.51. The normalized spacial score (nSPS) is 35.6. The molecule has 0 spiro atoms. The zero-order valence-corrected chi connectivity index (χ0v) is 10.4. The molecule has 0 aromatic carbocycles. The van der Waals surface area contributed by atoms with Gasteiger partial charge in [-0.1, -0.05) is 26.7 Å². The van der Waals surface area contributed by atoms with Gasteiger partial charge in [0.15, 0.2) is 0 Å². The van der Waals surface area contributed by atoms with Gasteiger partial charge in [-0.25, -0.2) is 0 Å². The molecule has 1 heterocycles. The first kappa shape index (κ1) is 11.4. The molecule has 0 aromatic heterocycles. The minimum Gasteiger partial charge on any atom is -0.301 e. The van der Waals surface area contributed by atoms with Gasteiger partial charge in [-0.15, -0.1) is 0 Å². The van der Waals surface area contributed by atoms with Crippen molar-refractivity contribution in [1.29, 1.82) is 0 Å². The summed E-state index contributed by atoms with van der Waals surface area (Å²) in [5.74, 6) is 0.966. The Bertz CT molecular complexity index is 185. The van der Waals surface area contributed by atoms with Gasteiger partial charge in [0.05, 0.1) is 0 Å². The molecule has 88 valence electrons. The summed E-state index contributed by atoms with van der Waals surface area (Å²) in [6.07, 6.45) is 5.83. The van der Waals surface area contributed by atoms with Gasteiger partial charge in [-0.05, 0) is 25.3 Å². The first-order valence-corrected chi connectivity index (χ1v) is 6.76. The molecule has 2 atom stereocenters. The molecule has 0 amide bonds. The van der Waals surface area contributed by atoms with E-state index in [0.717, 1.165) is 12.0 Å². The van der Waals surface area contributed by atoms with E-state index in [1.54, 1.807) is 0 Å². The lowest BCUT2D eigenvalue weighted by Gasteiger charge is -2.41. The van der Waals surface area contributed by atoms with Crippen LogP contribution in [0, 0.1) is 5.92 Å². The Labute approximate surface area is 94.6 Å². The summed E-state index contributed by atoms with van der Waals surface area (Å²) in [6, 6.07) is 0.910. The van der Waals surface area contributed by atoms with Crippen molar-refractivity contribution < 1.29 is 0 Å². The number of likely N-dealkylation sites (N-methyl/N-ethyl adjacent to an activating group) is 1. The van der Waals surface area contributed by atoms with Crippen molar-refractivity contribution in [3.8, 4) is 0 Å². The van der Waals surface area contributed by atoms with Crippen LogP contribution in [0.15, 0.2) is 0 Å². The van der Waals surface area contributed by atoms with E-state index in [9.17, 15) is 0 Å².